The summed E-state index contributed by atoms with van der Waals surface area (Å²) >= 11 is 0. The Balaban J connectivity index is 1.52. The highest BCUT2D eigenvalue weighted by Crippen LogP contribution is 2.20. The van der Waals surface area contributed by atoms with Gasteiger partial charge in [-0.2, -0.15) is 20.2 Å². The summed E-state index contributed by atoms with van der Waals surface area (Å²) in [4.78, 5) is 116. The van der Waals surface area contributed by atoms with E-state index in [1.807, 2.05) is 62.4 Å². The van der Waals surface area contributed by atoms with Crippen LogP contribution in [0.3, 0.4) is 0 Å². The first-order chi connectivity index (χ1) is 36.1. The molecule has 24 nitrogen and oxygen atoms in total. The number of nitrogens with one attached hydrogen (secondary N) is 7. The van der Waals surface area contributed by atoms with Crippen LogP contribution < -0.4 is 47.9 Å². The number of benzene rings is 3. The number of aromatic nitrogens is 1. The normalized spacial score (nSPS) is 13.4. The summed E-state index contributed by atoms with van der Waals surface area (Å²) in [7, 11) is -4.42. The minimum Gasteiger partial charge on any atom is -0.464 e. The second-order valence-corrected chi connectivity index (χ2v) is 19.9. The molecule has 0 fully saturated rings. The number of esters is 1. The van der Waals surface area contributed by atoms with E-state index in [1.54, 1.807) is 33.0 Å². The molecule has 0 spiro atoms. The van der Waals surface area contributed by atoms with Crippen LogP contribution in [-0.4, -0.2) is 110 Å². The number of hydrogen-bond acceptors (Lipinski definition) is 15. The van der Waals surface area contributed by atoms with Gasteiger partial charge in [-0.3, -0.25) is 28.8 Å². The molecule has 0 bridgehead atoms. The third-order valence-corrected chi connectivity index (χ3v) is 12.1. The number of alkyl carbamates (subject to hydrolysis) is 1. The summed E-state index contributed by atoms with van der Waals surface area (Å²) in [6.45, 7) is 7.92. The molecule has 0 unspecified atom stereocenters. The molecule has 4 rings (SSSR count). The molecule has 0 aliphatic rings. The lowest BCUT2D eigenvalue weighted by atomic mass is 10.0. The van der Waals surface area contributed by atoms with Crippen molar-refractivity contribution in [2.75, 3.05) is 13.2 Å². The molecule has 25 heteroatoms. The molecule has 1 heterocycles. The second kappa shape index (κ2) is 30.1. The maximum Gasteiger partial charge on any atom is 0.495 e. The van der Waals surface area contributed by atoms with Crippen molar-refractivity contribution in [1.82, 2.24) is 36.9 Å². The topological polar surface area (TPSA) is 360 Å². The number of quaternary nitrogens is 2. The first kappa shape index (κ1) is 60.9. The maximum absolute atomic E-state index is 14.4. The number of hydrogen-bond donors (Lipinski definition) is 9. The summed E-state index contributed by atoms with van der Waals surface area (Å²) in [5, 5.41) is 16.4. The quantitative estimate of drug-likeness (QED) is 0.0259. The molecule has 0 aliphatic carbocycles. The van der Waals surface area contributed by atoms with E-state index < -0.39 is 107 Å². The lowest BCUT2D eigenvalue weighted by molar-refractivity contribution is -0.657. The van der Waals surface area contributed by atoms with Crippen molar-refractivity contribution in [2.24, 2.45) is 0 Å². The first-order valence-corrected chi connectivity index (χ1v) is 26.1. The lowest BCUT2D eigenvalue weighted by Gasteiger charge is -2.26. The number of ether oxygens (including phenoxy) is 2. The fourth-order valence-corrected chi connectivity index (χ4v) is 7.98. The number of carbonyl (C=O) groups excluding carboxylic acids is 8. The largest absolute Gasteiger partial charge is 0.495 e. The number of amides is 6. The second-order valence-electron chi connectivity index (χ2n) is 18.6. The predicted molar refractivity (Wildman–Crippen MR) is 273 cm³/mol. The van der Waals surface area contributed by atoms with E-state index in [0.717, 1.165) is 16.5 Å². The number of aromatic amines is 1. The molecule has 4 aromatic rings. The molecule has 0 aliphatic heterocycles. The van der Waals surface area contributed by atoms with Crippen molar-refractivity contribution >= 4 is 68.9 Å². The molecule has 414 valence electrons. The molecule has 0 saturated carbocycles. The van der Waals surface area contributed by atoms with Crippen LogP contribution in [0.25, 0.3) is 10.9 Å². The molecule has 1 aromatic heterocycles. The third kappa shape index (κ3) is 21.0. The molecule has 3 aromatic carbocycles. The van der Waals surface area contributed by atoms with E-state index in [1.165, 1.54) is 24.3 Å². The molecule has 0 radical (unpaired) electrons. The Morgan fingerprint density at radius 3 is 1.84 bits per heavy atom. The van der Waals surface area contributed by atoms with E-state index in [-0.39, 0.29) is 38.0 Å². The SMILES string of the molecule is CCCC[C@H](NC(=O)[C@H](Cc1ccc(OS(=O)(=O)O[NH3+])cc1)NC(=O)OC(C)(C)C)C(=O)NCC(=O)N[C@@H](Cc1c[nH]c2ccccc12)C(=O)N[C@@H](CCCC)C(=O)N[C@@H](CC(=O)O[NH3+])C(=O)OCCc1ccccc1. The van der Waals surface area contributed by atoms with E-state index in [4.69, 9.17) is 13.7 Å². The fourth-order valence-electron chi connectivity index (χ4n) is 7.59. The average Bonchev–Trinajstić information content (AvgIpc) is 3.79. The number of carbonyl (C=O) groups is 8. The van der Waals surface area contributed by atoms with Gasteiger partial charge in [0, 0.05) is 36.4 Å². The van der Waals surface area contributed by atoms with Crippen LogP contribution >= 0.6 is 0 Å². The zero-order valence-corrected chi connectivity index (χ0v) is 44.2. The summed E-state index contributed by atoms with van der Waals surface area (Å²) in [6, 6.07) is 15.4. The van der Waals surface area contributed by atoms with Crippen LogP contribution in [0, 0.1) is 0 Å². The van der Waals surface area contributed by atoms with Gasteiger partial charge in [-0.1, -0.05) is 100 Å². The number of unbranched alkanes of at least 4 members (excludes halogenated alkanes) is 2. The Bertz CT molecular complexity index is 2700. The summed E-state index contributed by atoms with van der Waals surface area (Å²) in [6.07, 6.45) is 2.65. The summed E-state index contributed by atoms with van der Waals surface area (Å²) in [5.41, 5.74) is 1.79. The van der Waals surface area contributed by atoms with E-state index >= 15 is 0 Å². The van der Waals surface area contributed by atoms with Crippen LogP contribution in [0.1, 0.15) is 96.3 Å². The Morgan fingerprint density at radius 2 is 1.24 bits per heavy atom. The van der Waals surface area contributed by atoms with Crippen LogP contribution in [0.2, 0.25) is 0 Å². The number of rotatable bonds is 30. The number of H-pyrrole nitrogens is 1. The smallest absolute Gasteiger partial charge is 0.464 e. The Labute approximate surface area is 441 Å². The van der Waals surface area contributed by atoms with Gasteiger partial charge < -0.3 is 50.5 Å². The van der Waals surface area contributed by atoms with Gasteiger partial charge in [0.2, 0.25) is 29.5 Å². The van der Waals surface area contributed by atoms with Gasteiger partial charge in [0.25, 0.3) is 0 Å². The Morgan fingerprint density at radius 1 is 0.658 bits per heavy atom. The van der Waals surface area contributed by atoms with Crippen LogP contribution in [-0.2, 0) is 81.8 Å². The monoisotopic (exact) mass is 1080 g/mol. The number of fused-ring (bicyclic) bond motifs is 1. The zero-order valence-electron chi connectivity index (χ0n) is 43.4. The molecule has 6 amide bonds. The van der Waals surface area contributed by atoms with Crippen LogP contribution in [0.4, 0.5) is 4.79 Å². The Kier molecular flexibility index (Phi) is 24.1. The lowest BCUT2D eigenvalue weighted by Crippen LogP contribution is -2.58. The predicted octanol–water partition coefficient (Wildman–Crippen LogP) is 0.955. The fraction of sp³-hybridized carbons (Fsp3) is 0.451. The molecule has 13 N–H and O–H groups in total. The van der Waals surface area contributed by atoms with Gasteiger partial charge in [0.05, 0.1) is 19.6 Å². The Hall–Kier alpha value is -7.61. The van der Waals surface area contributed by atoms with Gasteiger partial charge in [0.15, 0.2) is 0 Å². The number of para-hydroxylation sites is 1. The highest BCUT2D eigenvalue weighted by molar-refractivity contribution is 7.82. The standard InChI is InChI=1S/C51H69N9O15S/c1-6-8-18-38(57-47(65)40(60-50(68)72-51(3,4)5)27-33-21-23-35(24-22-33)74-76(69,70)75-53)45(63)55-31-43(61)56-41(28-34-30-54-37-20-14-13-17-36(34)37)48(66)58-39(19-9-7-2)46(64)59-42(29-44(62)73-52)49(67)71-26-25-32-15-11-10-12-16-32/h10-17,20-24,30,38-42,54H,6-9,18-19,25-29,31H2,1-5,52-53H3,(H4-2,55,56,57,58,59,60,61,63,64,65,66,68)/p+2/t38-,39-,40-,41-,42-/m0/s1. The first-order valence-electron chi connectivity index (χ1n) is 24.8. The van der Waals surface area contributed by atoms with E-state index in [2.05, 4.69) is 57.8 Å². The van der Waals surface area contributed by atoms with Crippen molar-refractivity contribution < 1.29 is 81.3 Å². The molecule has 0 saturated heterocycles. The molecule has 76 heavy (non-hydrogen) atoms. The van der Waals surface area contributed by atoms with Crippen molar-refractivity contribution in [2.45, 2.75) is 135 Å². The van der Waals surface area contributed by atoms with Gasteiger partial charge in [-0.25, -0.2) is 14.4 Å². The van der Waals surface area contributed by atoms with Gasteiger partial charge in [-0.15, -0.1) is 0 Å². The van der Waals surface area contributed by atoms with Crippen LogP contribution in [0.15, 0.2) is 85.1 Å². The molecule has 5 atom stereocenters. The van der Waals surface area contributed by atoms with Crippen molar-refractivity contribution in [3.8, 4) is 5.75 Å². The van der Waals surface area contributed by atoms with Gasteiger partial charge >= 0.3 is 28.4 Å². The average molecular weight is 1080 g/mol. The molecular formula is C51H71N9O15S+2. The van der Waals surface area contributed by atoms with Gasteiger partial charge in [0.1, 0.15) is 41.6 Å². The van der Waals surface area contributed by atoms with E-state index in [9.17, 15) is 46.8 Å². The van der Waals surface area contributed by atoms with Crippen LogP contribution in [0.5, 0.6) is 5.75 Å². The minimum atomic E-state index is -4.42. The highest BCUT2D eigenvalue weighted by Gasteiger charge is 2.34. The minimum absolute atomic E-state index is 0.0524. The third-order valence-electron chi connectivity index (χ3n) is 11.5. The zero-order chi connectivity index (χ0) is 55.8. The van der Waals surface area contributed by atoms with Crippen molar-refractivity contribution in [3.05, 3.63) is 102 Å². The maximum atomic E-state index is 14.4. The molecular weight excluding hydrogens is 1010 g/mol. The highest BCUT2D eigenvalue weighted by atomic mass is 32.3. The van der Waals surface area contributed by atoms with Gasteiger partial charge in [-0.05, 0) is 72.8 Å². The van der Waals surface area contributed by atoms with Crippen molar-refractivity contribution in [1.29, 1.82) is 0 Å². The summed E-state index contributed by atoms with van der Waals surface area (Å²) in [5.74, 6) is 0.0782. The van der Waals surface area contributed by atoms with E-state index in [0.29, 0.717) is 43.2 Å². The van der Waals surface area contributed by atoms with Crippen molar-refractivity contribution in [3.63, 3.8) is 0 Å². The summed E-state index contributed by atoms with van der Waals surface area (Å²) < 4.78 is 43.1.